The van der Waals surface area contributed by atoms with Crippen LogP contribution in [0.1, 0.15) is 29.2 Å². The summed E-state index contributed by atoms with van der Waals surface area (Å²) in [6.07, 6.45) is 1.06. The maximum atomic E-state index is 14.9. The Hall–Kier alpha value is -2.04. The lowest BCUT2D eigenvalue weighted by Gasteiger charge is -2.33. The molecule has 3 aromatic rings. The molecule has 0 saturated carbocycles. The van der Waals surface area contributed by atoms with Gasteiger partial charge in [-0.25, -0.2) is 9.37 Å². The number of hydrogen-bond donors (Lipinski definition) is 0. The molecule has 0 aliphatic rings. The third kappa shape index (κ3) is 3.19. The maximum Gasteiger partial charge on any atom is 0.149 e. The van der Waals surface area contributed by atoms with Crippen molar-refractivity contribution in [2.45, 2.75) is 19.3 Å². The van der Waals surface area contributed by atoms with Crippen molar-refractivity contribution >= 4 is 33.3 Å². The standard InChI is InChI=1S/C21H16BrClFNO/c1-13-3-5-15(6-4-13)21(14(2)26,16-7-9-17(22)10-8-16)18-11-20(23)25-12-19(18)24/h3-12H,1-2H3. The summed E-state index contributed by atoms with van der Waals surface area (Å²) in [6, 6.07) is 16.3. The highest BCUT2D eigenvalue weighted by molar-refractivity contribution is 9.10. The lowest BCUT2D eigenvalue weighted by Crippen LogP contribution is -2.38. The fraction of sp³-hybridized carbons (Fsp3) is 0.143. The van der Waals surface area contributed by atoms with Crippen molar-refractivity contribution in [3.63, 3.8) is 0 Å². The molecule has 0 amide bonds. The van der Waals surface area contributed by atoms with Gasteiger partial charge in [-0.2, -0.15) is 0 Å². The molecule has 1 aromatic heterocycles. The second kappa shape index (κ2) is 7.29. The first-order chi connectivity index (χ1) is 12.4. The van der Waals surface area contributed by atoms with E-state index < -0.39 is 11.2 Å². The Kier molecular flexibility index (Phi) is 5.26. The first-order valence-corrected chi connectivity index (χ1v) is 9.18. The summed E-state index contributed by atoms with van der Waals surface area (Å²) in [5.41, 5.74) is 1.27. The fourth-order valence-corrected chi connectivity index (χ4v) is 3.70. The number of pyridine rings is 1. The van der Waals surface area contributed by atoms with Crippen molar-refractivity contribution in [2.24, 2.45) is 0 Å². The molecule has 0 fully saturated rings. The minimum Gasteiger partial charge on any atom is -0.298 e. The first kappa shape index (κ1) is 18.7. The number of carbonyl (C=O) groups is 1. The van der Waals surface area contributed by atoms with Crippen molar-refractivity contribution in [1.29, 1.82) is 0 Å². The molecular weight excluding hydrogens is 417 g/mol. The van der Waals surface area contributed by atoms with Crippen LogP contribution in [-0.4, -0.2) is 10.8 Å². The Morgan fingerprint density at radius 1 is 1.08 bits per heavy atom. The van der Waals surface area contributed by atoms with E-state index in [4.69, 9.17) is 11.6 Å². The molecule has 26 heavy (non-hydrogen) atoms. The van der Waals surface area contributed by atoms with Crippen LogP contribution in [0.25, 0.3) is 0 Å². The van der Waals surface area contributed by atoms with Crippen LogP contribution >= 0.6 is 27.5 Å². The average molecular weight is 433 g/mol. The van der Waals surface area contributed by atoms with Crippen LogP contribution in [0.3, 0.4) is 0 Å². The largest absolute Gasteiger partial charge is 0.298 e. The zero-order chi connectivity index (χ0) is 18.9. The number of hydrogen-bond acceptors (Lipinski definition) is 2. The Balaban J connectivity index is 2.43. The molecule has 2 nitrogen and oxygen atoms in total. The quantitative estimate of drug-likeness (QED) is 0.483. The number of nitrogens with zero attached hydrogens (tertiary/aromatic N) is 1. The summed E-state index contributed by atoms with van der Waals surface area (Å²) in [6.45, 7) is 3.43. The van der Waals surface area contributed by atoms with Gasteiger partial charge in [-0.3, -0.25) is 4.79 Å². The molecule has 0 radical (unpaired) electrons. The van der Waals surface area contributed by atoms with E-state index in [-0.39, 0.29) is 16.5 Å². The number of ketones is 1. The van der Waals surface area contributed by atoms with Crippen molar-refractivity contribution < 1.29 is 9.18 Å². The molecular formula is C21H16BrClFNO. The third-order valence-electron chi connectivity index (χ3n) is 4.52. The number of carbonyl (C=O) groups excluding carboxylic acids is 1. The molecule has 2 aromatic carbocycles. The summed E-state index contributed by atoms with van der Waals surface area (Å²) >= 11 is 9.46. The van der Waals surface area contributed by atoms with E-state index >= 15 is 0 Å². The van der Waals surface area contributed by atoms with Gasteiger partial charge in [0.15, 0.2) is 0 Å². The number of benzene rings is 2. The van der Waals surface area contributed by atoms with Crippen LogP contribution in [0.15, 0.2) is 65.3 Å². The average Bonchev–Trinajstić information content (AvgIpc) is 2.61. The molecule has 3 rings (SSSR count). The first-order valence-electron chi connectivity index (χ1n) is 8.01. The minimum absolute atomic E-state index is 0.135. The minimum atomic E-state index is -1.31. The summed E-state index contributed by atoms with van der Waals surface area (Å²) in [5, 5.41) is 0.135. The number of rotatable bonds is 4. The zero-order valence-electron chi connectivity index (χ0n) is 14.3. The van der Waals surface area contributed by atoms with Gasteiger partial charge in [0, 0.05) is 10.0 Å². The highest BCUT2D eigenvalue weighted by Crippen LogP contribution is 2.42. The third-order valence-corrected chi connectivity index (χ3v) is 5.25. The summed E-state index contributed by atoms with van der Waals surface area (Å²) in [7, 11) is 0. The molecule has 132 valence electrons. The predicted octanol–water partition coefficient (Wildman–Crippen LogP) is 5.87. The van der Waals surface area contributed by atoms with Gasteiger partial charge in [0.05, 0.1) is 6.20 Å². The van der Waals surface area contributed by atoms with Crippen LogP contribution in [0.5, 0.6) is 0 Å². The second-order valence-electron chi connectivity index (χ2n) is 6.17. The van der Waals surface area contributed by atoms with Crippen LogP contribution in [-0.2, 0) is 10.2 Å². The van der Waals surface area contributed by atoms with Crippen LogP contribution in [0.4, 0.5) is 4.39 Å². The Bertz CT molecular complexity index is 909. The van der Waals surface area contributed by atoms with Gasteiger partial charge in [0.2, 0.25) is 0 Å². The van der Waals surface area contributed by atoms with E-state index in [1.807, 2.05) is 55.5 Å². The summed E-state index contributed by atoms with van der Waals surface area (Å²) in [5.74, 6) is -0.780. The number of halogens is 3. The Morgan fingerprint density at radius 2 is 1.62 bits per heavy atom. The predicted molar refractivity (Wildman–Crippen MR) is 105 cm³/mol. The molecule has 0 N–H and O–H groups in total. The lowest BCUT2D eigenvalue weighted by atomic mass is 9.67. The van der Waals surface area contributed by atoms with E-state index in [2.05, 4.69) is 20.9 Å². The van der Waals surface area contributed by atoms with Gasteiger partial charge < -0.3 is 0 Å². The van der Waals surface area contributed by atoms with Crippen LogP contribution in [0.2, 0.25) is 5.15 Å². The topological polar surface area (TPSA) is 30.0 Å². The van der Waals surface area contributed by atoms with Crippen LogP contribution < -0.4 is 0 Å². The maximum absolute atomic E-state index is 14.9. The van der Waals surface area contributed by atoms with E-state index in [9.17, 15) is 9.18 Å². The smallest absolute Gasteiger partial charge is 0.149 e. The van der Waals surface area contributed by atoms with Crippen LogP contribution in [0, 0.1) is 12.7 Å². The SMILES string of the molecule is CC(=O)C(c1ccc(C)cc1)(c1ccc(Br)cc1)c1cc(Cl)ncc1F. The molecule has 0 bridgehead atoms. The summed E-state index contributed by atoms with van der Waals surface area (Å²) in [4.78, 5) is 16.9. The molecule has 1 heterocycles. The van der Waals surface area contributed by atoms with E-state index in [1.165, 1.54) is 13.0 Å². The van der Waals surface area contributed by atoms with E-state index in [0.29, 0.717) is 11.1 Å². The molecule has 0 spiro atoms. The van der Waals surface area contributed by atoms with Gasteiger partial charge >= 0.3 is 0 Å². The fourth-order valence-electron chi connectivity index (χ4n) is 3.28. The number of aryl methyl sites for hydroxylation is 1. The zero-order valence-corrected chi connectivity index (χ0v) is 16.6. The van der Waals surface area contributed by atoms with Gasteiger partial charge in [-0.05, 0) is 43.2 Å². The van der Waals surface area contributed by atoms with Gasteiger partial charge in [0.25, 0.3) is 0 Å². The van der Waals surface area contributed by atoms with Crippen molar-refractivity contribution in [1.82, 2.24) is 4.98 Å². The summed E-state index contributed by atoms with van der Waals surface area (Å²) < 4.78 is 15.7. The van der Waals surface area contributed by atoms with Gasteiger partial charge in [0.1, 0.15) is 22.2 Å². The van der Waals surface area contributed by atoms with E-state index in [1.54, 1.807) is 0 Å². The molecule has 0 aliphatic carbocycles. The van der Waals surface area contributed by atoms with Crippen molar-refractivity contribution in [3.8, 4) is 0 Å². The second-order valence-corrected chi connectivity index (χ2v) is 7.47. The molecule has 1 atom stereocenters. The highest BCUT2D eigenvalue weighted by atomic mass is 79.9. The molecule has 0 saturated heterocycles. The Labute approximate surface area is 165 Å². The highest BCUT2D eigenvalue weighted by Gasteiger charge is 2.43. The van der Waals surface area contributed by atoms with Gasteiger partial charge in [-0.15, -0.1) is 0 Å². The molecule has 5 heteroatoms. The number of Topliss-reactive ketones (excluding diaryl/α,β-unsaturated/α-hetero) is 1. The lowest BCUT2D eigenvalue weighted by molar-refractivity contribution is -0.120. The molecule has 1 unspecified atom stereocenters. The van der Waals surface area contributed by atoms with Crippen molar-refractivity contribution in [3.05, 3.63) is 98.5 Å². The molecule has 0 aliphatic heterocycles. The monoisotopic (exact) mass is 431 g/mol. The van der Waals surface area contributed by atoms with Gasteiger partial charge in [-0.1, -0.05) is 69.5 Å². The Morgan fingerprint density at radius 3 is 2.15 bits per heavy atom. The van der Waals surface area contributed by atoms with Crippen molar-refractivity contribution in [2.75, 3.05) is 0 Å². The number of aromatic nitrogens is 1. The normalized spacial score (nSPS) is 13.3. The van der Waals surface area contributed by atoms with E-state index in [0.717, 1.165) is 16.2 Å².